The molecule has 2 aromatic rings. The summed E-state index contributed by atoms with van der Waals surface area (Å²) in [4.78, 5) is 0. The fourth-order valence-corrected chi connectivity index (χ4v) is 2.12. The minimum absolute atomic E-state index is 0.790. The number of rotatable bonds is 4. The van der Waals surface area contributed by atoms with Gasteiger partial charge in [0.2, 0.25) is 0 Å². The van der Waals surface area contributed by atoms with Crippen LogP contribution in [0.3, 0.4) is 0 Å². The molecule has 1 N–H and O–H groups in total. The predicted octanol–water partition coefficient (Wildman–Crippen LogP) is 4.30. The Morgan fingerprint density at radius 3 is 2.47 bits per heavy atom. The van der Waals surface area contributed by atoms with Gasteiger partial charge in [0.1, 0.15) is 0 Å². The summed E-state index contributed by atoms with van der Waals surface area (Å²) in [6, 6.07) is 16.4. The van der Waals surface area contributed by atoms with Gasteiger partial charge in [0.15, 0.2) is 0 Å². The summed E-state index contributed by atoms with van der Waals surface area (Å²) in [7, 11) is 0. The van der Waals surface area contributed by atoms with Crippen molar-refractivity contribution in [3.05, 3.63) is 64.7 Å². The van der Waals surface area contributed by atoms with Gasteiger partial charge in [-0.3, -0.25) is 0 Å². The molecule has 0 saturated carbocycles. The molecule has 0 heterocycles. The fourth-order valence-electron chi connectivity index (χ4n) is 1.83. The normalized spacial score (nSPS) is 10.2. The zero-order valence-electron chi connectivity index (χ0n) is 9.91. The standard InChI is InChI=1S/C15H16ClN/c1-12-6-5-9-14(16)15(12)17-11-10-13-7-3-2-4-8-13/h2-9,17H,10-11H2,1H3. The first-order chi connectivity index (χ1) is 8.27. The third kappa shape index (κ3) is 3.24. The highest BCUT2D eigenvalue weighted by Crippen LogP contribution is 2.24. The van der Waals surface area contributed by atoms with Gasteiger partial charge in [-0.25, -0.2) is 0 Å². The molecule has 0 atom stereocenters. The zero-order valence-corrected chi connectivity index (χ0v) is 10.7. The molecule has 2 aromatic carbocycles. The lowest BCUT2D eigenvalue weighted by Crippen LogP contribution is -2.06. The van der Waals surface area contributed by atoms with E-state index in [9.17, 15) is 0 Å². The molecular formula is C15H16ClN. The van der Waals surface area contributed by atoms with Gasteiger partial charge in [-0.05, 0) is 30.5 Å². The largest absolute Gasteiger partial charge is 0.383 e. The van der Waals surface area contributed by atoms with E-state index < -0.39 is 0 Å². The van der Waals surface area contributed by atoms with Crippen LogP contribution in [0.25, 0.3) is 0 Å². The molecule has 0 saturated heterocycles. The van der Waals surface area contributed by atoms with E-state index in [0.717, 1.165) is 23.7 Å². The highest BCUT2D eigenvalue weighted by molar-refractivity contribution is 6.33. The third-order valence-corrected chi connectivity index (χ3v) is 3.10. The maximum Gasteiger partial charge on any atom is 0.0640 e. The SMILES string of the molecule is Cc1cccc(Cl)c1NCCc1ccccc1. The van der Waals surface area contributed by atoms with Gasteiger partial charge in [0, 0.05) is 6.54 Å². The van der Waals surface area contributed by atoms with E-state index in [1.807, 2.05) is 18.2 Å². The average Bonchev–Trinajstić information content (AvgIpc) is 2.34. The van der Waals surface area contributed by atoms with Crippen molar-refractivity contribution in [1.82, 2.24) is 0 Å². The second-order valence-corrected chi connectivity index (χ2v) is 4.50. The lowest BCUT2D eigenvalue weighted by molar-refractivity contribution is 1.02. The van der Waals surface area contributed by atoms with Crippen LogP contribution in [0.15, 0.2) is 48.5 Å². The van der Waals surface area contributed by atoms with Gasteiger partial charge >= 0.3 is 0 Å². The van der Waals surface area contributed by atoms with Crippen molar-refractivity contribution in [2.75, 3.05) is 11.9 Å². The highest BCUT2D eigenvalue weighted by atomic mass is 35.5. The molecule has 0 fully saturated rings. The number of anilines is 1. The van der Waals surface area contributed by atoms with Gasteiger partial charge in [-0.2, -0.15) is 0 Å². The summed E-state index contributed by atoms with van der Waals surface area (Å²) >= 11 is 6.15. The minimum Gasteiger partial charge on any atom is -0.383 e. The van der Waals surface area contributed by atoms with E-state index in [4.69, 9.17) is 11.6 Å². The topological polar surface area (TPSA) is 12.0 Å². The quantitative estimate of drug-likeness (QED) is 0.847. The van der Waals surface area contributed by atoms with Gasteiger partial charge in [0.25, 0.3) is 0 Å². The van der Waals surface area contributed by atoms with Crippen LogP contribution in [0.2, 0.25) is 5.02 Å². The fraction of sp³-hybridized carbons (Fsp3) is 0.200. The number of hydrogen-bond donors (Lipinski definition) is 1. The van der Waals surface area contributed by atoms with Crippen LogP contribution in [0, 0.1) is 6.92 Å². The maximum atomic E-state index is 6.15. The van der Waals surface area contributed by atoms with Gasteiger partial charge in [-0.1, -0.05) is 54.1 Å². The number of aryl methyl sites for hydroxylation is 1. The lowest BCUT2D eigenvalue weighted by atomic mass is 10.1. The molecule has 0 radical (unpaired) electrons. The van der Waals surface area contributed by atoms with Crippen LogP contribution in [0.5, 0.6) is 0 Å². The number of hydrogen-bond acceptors (Lipinski definition) is 1. The molecular weight excluding hydrogens is 230 g/mol. The Hall–Kier alpha value is -1.47. The van der Waals surface area contributed by atoms with Crippen LogP contribution >= 0.6 is 11.6 Å². The third-order valence-electron chi connectivity index (χ3n) is 2.78. The molecule has 0 amide bonds. The predicted molar refractivity (Wildman–Crippen MR) is 74.8 cm³/mol. The summed E-state index contributed by atoms with van der Waals surface area (Å²) in [6.07, 6.45) is 1.01. The lowest BCUT2D eigenvalue weighted by Gasteiger charge is -2.11. The number of halogens is 1. The van der Waals surface area contributed by atoms with E-state index in [2.05, 4.69) is 42.6 Å². The molecule has 2 heteroatoms. The first kappa shape index (κ1) is 12.0. The van der Waals surface area contributed by atoms with Crippen molar-refractivity contribution in [2.45, 2.75) is 13.3 Å². The summed E-state index contributed by atoms with van der Waals surface area (Å²) < 4.78 is 0. The minimum atomic E-state index is 0.790. The molecule has 2 rings (SSSR count). The molecule has 0 aromatic heterocycles. The summed E-state index contributed by atoms with van der Waals surface area (Å²) in [5.41, 5.74) is 3.57. The van der Waals surface area contributed by atoms with Gasteiger partial charge in [0.05, 0.1) is 10.7 Å². The van der Waals surface area contributed by atoms with Crippen molar-refractivity contribution >= 4 is 17.3 Å². The zero-order chi connectivity index (χ0) is 12.1. The van der Waals surface area contributed by atoms with Gasteiger partial charge < -0.3 is 5.32 Å². The monoisotopic (exact) mass is 245 g/mol. The van der Waals surface area contributed by atoms with E-state index in [-0.39, 0.29) is 0 Å². The molecule has 0 spiro atoms. The van der Waals surface area contributed by atoms with Crippen molar-refractivity contribution in [3.8, 4) is 0 Å². The molecule has 0 bridgehead atoms. The molecule has 1 nitrogen and oxygen atoms in total. The van der Waals surface area contributed by atoms with Crippen molar-refractivity contribution < 1.29 is 0 Å². The number of nitrogens with one attached hydrogen (secondary N) is 1. The van der Waals surface area contributed by atoms with Crippen molar-refractivity contribution in [2.24, 2.45) is 0 Å². The van der Waals surface area contributed by atoms with Crippen LogP contribution in [-0.4, -0.2) is 6.54 Å². The highest BCUT2D eigenvalue weighted by Gasteiger charge is 2.02. The van der Waals surface area contributed by atoms with Gasteiger partial charge in [-0.15, -0.1) is 0 Å². The van der Waals surface area contributed by atoms with E-state index in [0.29, 0.717) is 0 Å². The average molecular weight is 246 g/mol. The van der Waals surface area contributed by atoms with E-state index in [1.54, 1.807) is 0 Å². The summed E-state index contributed by atoms with van der Waals surface area (Å²) in [5, 5.41) is 4.19. The summed E-state index contributed by atoms with van der Waals surface area (Å²) in [6.45, 7) is 2.96. The molecule has 88 valence electrons. The van der Waals surface area contributed by atoms with Crippen LogP contribution in [0.4, 0.5) is 5.69 Å². The maximum absolute atomic E-state index is 6.15. The molecule has 0 aliphatic heterocycles. The molecule has 0 aliphatic rings. The Morgan fingerprint density at radius 1 is 1.00 bits per heavy atom. The number of benzene rings is 2. The Bertz CT molecular complexity index is 459. The first-order valence-electron chi connectivity index (χ1n) is 5.80. The first-order valence-corrected chi connectivity index (χ1v) is 6.18. The van der Waals surface area contributed by atoms with Crippen LogP contribution in [-0.2, 0) is 6.42 Å². The Morgan fingerprint density at radius 2 is 1.76 bits per heavy atom. The Kier molecular flexibility index (Phi) is 4.05. The van der Waals surface area contributed by atoms with E-state index >= 15 is 0 Å². The van der Waals surface area contributed by atoms with Crippen molar-refractivity contribution in [3.63, 3.8) is 0 Å². The Balaban J connectivity index is 1.95. The second kappa shape index (κ2) is 5.74. The summed E-state index contributed by atoms with van der Waals surface area (Å²) in [5.74, 6) is 0. The van der Waals surface area contributed by atoms with E-state index in [1.165, 1.54) is 11.1 Å². The van der Waals surface area contributed by atoms with Crippen molar-refractivity contribution in [1.29, 1.82) is 0 Å². The molecule has 0 unspecified atom stereocenters. The molecule has 0 aliphatic carbocycles. The Labute approximate surface area is 107 Å². The molecule has 17 heavy (non-hydrogen) atoms. The number of para-hydroxylation sites is 1. The smallest absolute Gasteiger partial charge is 0.0640 e. The van der Waals surface area contributed by atoms with Crippen LogP contribution in [0.1, 0.15) is 11.1 Å². The van der Waals surface area contributed by atoms with Crippen LogP contribution < -0.4 is 5.32 Å². The second-order valence-electron chi connectivity index (χ2n) is 4.09.